The molecule has 1 heterocycles. The van der Waals surface area contributed by atoms with Gasteiger partial charge in [0.05, 0.1) is 4.90 Å². The van der Waals surface area contributed by atoms with Crippen LogP contribution in [0.25, 0.3) is 0 Å². The van der Waals surface area contributed by atoms with E-state index in [-0.39, 0.29) is 10.9 Å². The minimum Gasteiger partial charge on any atom is -0.314 e. The maximum atomic E-state index is 12.5. The predicted molar refractivity (Wildman–Crippen MR) is 72.7 cm³/mol. The molecular weight excluding hydrogens is 295 g/mol. The molecule has 1 aromatic rings. The summed E-state index contributed by atoms with van der Waals surface area (Å²) < 4.78 is 26.4. The van der Waals surface area contributed by atoms with E-state index in [1.807, 2.05) is 6.92 Å². The highest BCUT2D eigenvalue weighted by molar-refractivity contribution is 7.89. The largest absolute Gasteiger partial charge is 0.314 e. The number of hydrogen-bond acceptors (Lipinski definition) is 3. The fourth-order valence-electron chi connectivity index (χ4n) is 1.99. The molecule has 1 N–H and O–H groups in total. The molecule has 7 heteroatoms. The van der Waals surface area contributed by atoms with Crippen LogP contribution in [0.3, 0.4) is 0 Å². The Morgan fingerprint density at radius 1 is 1.28 bits per heavy atom. The van der Waals surface area contributed by atoms with E-state index in [9.17, 15) is 8.42 Å². The number of benzene rings is 1. The van der Waals surface area contributed by atoms with Crippen LogP contribution in [0.15, 0.2) is 23.1 Å². The van der Waals surface area contributed by atoms with Gasteiger partial charge in [0.2, 0.25) is 10.0 Å². The average Bonchev–Trinajstić information content (AvgIpc) is 2.28. The zero-order valence-electron chi connectivity index (χ0n) is 9.86. The van der Waals surface area contributed by atoms with E-state index in [0.717, 1.165) is 0 Å². The monoisotopic (exact) mass is 308 g/mol. The second kappa shape index (κ2) is 5.35. The van der Waals surface area contributed by atoms with Crippen molar-refractivity contribution in [2.24, 2.45) is 0 Å². The lowest BCUT2D eigenvalue weighted by Gasteiger charge is -2.32. The normalized spacial score (nSPS) is 22.1. The number of halogens is 2. The summed E-state index contributed by atoms with van der Waals surface area (Å²) in [4.78, 5) is 0.147. The molecule has 0 amide bonds. The summed E-state index contributed by atoms with van der Waals surface area (Å²) in [5.41, 5.74) is 0. The molecule has 1 saturated heterocycles. The zero-order valence-corrected chi connectivity index (χ0v) is 12.2. The third-order valence-corrected chi connectivity index (χ3v) is 5.31. The molecule has 0 spiro atoms. The molecule has 0 bridgehead atoms. The highest BCUT2D eigenvalue weighted by Gasteiger charge is 2.31. The molecule has 1 aliphatic heterocycles. The van der Waals surface area contributed by atoms with E-state index in [4.69, 9.17) is 23.2 Å². The molecule has 100 valence electrons. The highest BCUT2D eigenvalue weighted by atomic mass is 35.5. The number of nitrogens with zero attached hydrogens (tertiary/aromatic N) is 1. The Labute approximate surface area is 117 Å². The minimum atomic E-state index is -3.53. The van der Waals surface area contributed by atoms with Gasteiger partial charge in [-0.2, -0.15) is 4.31 Å². The van der Waals surface area contributed by atoms with Crippen LogP contribution in [0.2, 0.25) is 10.0 Å². The Morgan fingerprint density at radius 3 is 2.44 bits per heavy atom. The van der Waals surface area contributed by atoms with Crippen LogP contribution >= 0.6 is 23.2 Å². The van der Waals surface area contributed by atoms with Gasteiger partial charge in [-0.1, -0.05) is 23.2 Å². The standard InChI is InChI=1S/C11H14Cl2N2O2S/c1-8-7-14-2-3-15(8)18(16,17)11-5-9(12)4-10(13)6-11/h4-6,8,14H,2-3,7H2,1H3. The molecule has 1 unspecified atom stereocenters. The van der Waals surface area contributed by atoms with Crippen molar-refractivity contribution in [2.75, 3.05) is 19.6 Å². The minimum absolute atomic E-state index is 0.0819. The van der Waals surface area contributed by atoms with Crippen molar-refractivity contribution >= 4 is 33.2 Å². The summed E-state index contributed by atoms with van der Waals surface area (Å²) in [7, 11) is -3.53. The topological polar surface area (TPSA) is 49.4 Å². The van der Waals surface area contributed by atoms with Crippen molar-refractivity contribution in [3.63, 3.8) is 0 Å². The van der Waals surface area contributed by atoms with E-state index < -0.39 is 10.0 Å². The smallest absolute Gasteiger partial charge is 0.243 e. The fraction of sp³-hybridized carbons (Fsp3) is 0.455. The van der Waals surface area contributed by atoms with E-state index >= 15 is 0 Å². The van der Waals surface area contributed by atoms with E-state index in [1.54, 1.807) is 0 Å². The van der Waals surface area contributed by atoms with Gasteiger partial charge in [0, 0.05) is 35.7 Å². The molecule has 1 fully saturated rings. The molecule has 1 atom stereocenters. The second-order valence-electron chi connectivity index (χ2n) is 4.27. The lowest BCUT2D eigenvalue weighted by atomic mass is 10.3. The number of piperazine rings is 1. The number of nitrogens with one attached hydrogen (secondary N) is 1. The van der Waals surface area contributed by atoms with E-state index in [0.29, 0.717) is 29.7 Å². The summed E-state index contributed by atoms with van der Waals surface area (Å²) in [5.74, 6) is 0. The molecule has 0 aliphatic carbocycles. The molecular formula is C11H14Cl2N2O2S. The first-order valence-corrected chi connectivity index (χ1v) is 7.79. The van der Waals surface area contributed by atoms with Crippen molar-refractivity contribution in [2.45, 2.75) is 17.9 Å². The van der Waals surface area contributed by atoms with Crippen LogP contribution in [0.5, 0.6) is 0 Å². The van der Waals surface area contributed by atoms with Crippen LogP contribution in [0.4, 0.5) is 0 Å². The van der Waals surface area contributed by atoms with Crippen LogP contribution in [-0.2, 0) is 10.0 Å². The van der Waals surface area contributed by atoms with Gasteiger partial charge in [-0.25, -0.2) is 8.42 Å². The highest BCUT2D eigenvalue weighted by Crippen LogP contribution is 2.26. The molecule has 18 heavy (non-hydrogen) atoms. The van der Waals surface area contributed by atoms with Crippen LogP contribution in [0.1, 0.15) is 6.92 Å². The SMILES string of the molecule is CC1CNCCN1S(=O)(=O)c1cc(Cl)cc(Cl)c1. The number of rotatable bonds is 2. The van der Waals surface area contributed by atoms with Gasteiger partial charge in [-0.3, -0.25) is 0 Å². The lowest BCUT2D eigenvalue weighted by molar-refractivity contribution is 0.284. The average molecular weight is 309 g/mol. The molecule has 4 nitrogen and oxygen atoms in total. The van der Waals surface area contributed by atoms with Gasteiger partial charge in [-0.15, -0.1) is 0 Å². The van der Waals surface area contributed by atoms with Gasteiger partial charge in [0.1, 0.15) is 0 Å². The van der Waals surface area contributed by atoms with Crippen molar-refractivity contribution in [1.29, 1.82) is 0 Å². The van der Waals surface area contributed by atoms with Gasteiger partial charge in [-0.05, 0) is 25.1 Å². The summed E-state index contributed by atoms with van der Waals surface area (Å²) in [5, 5.41) is 3.80. The third kappa shape index (κ3) is 2.81. The van der Waals surface area contributed by atoms with Crippen molar-refractivity contribution in [1.82, 2.24) is 9.62 Å². The molecule has 2 rings (SSSR count). The van der Waals surface area contributed by atoms with Crippen LogP contribution < -0.4 is 5.32 Å². The van der Waals surface area contributed by atoms with E-state index in [2.05, 4.69) is 5.32 Å². The van der Waals surface area contributed by atoms with Crippen LogP contribution in [0, 0.1) is 0 Å². The molecule has 0 saturated carbocycles. The molecule has 1 aromatic carbocycles. The maximum Gasteiger partial charge on any atom is 0.243 e. The van der Waals surface area contributed by atoms with Crippen molar-refractivity contribution in [3.05, 3.63) is 28.2 Å². The Balaban J connectivity index is 2.40. The Kier molecular flexibility index (Phi) is 4.18. The molecule has 0 radical (unpaired) electrons. The summed E-state index contributed by atoms with van der Waals surface area (Å²) in [6, 6.07) is 4.29. The third-order valence-electron chi connectivity index (χ3n) is 2.88. The quantitative estimate of drug-likeness (QED) is 0.909. The summed E-state index contributed by atoms with van der Waals surface area (Å²) in [6.07, 6.45) is 0. The maximum absolute atomic E-state index is 12.5. The molecule has 1 aliphatic rings. The first-order chi connectivity index (χ1) is 8.41. The van der Waals surface area contributed by atoms with Gasteiger partial charge in [0.25, 0.3) is 0 Å². The number of sulfonamides is 1. The Hall–Kier alpha value is -0.330. The Morgan fingerprint density at radius 2 is 1.89 bits per heavy atom. The van der Waals surface area contributed by atoms with Gasteiger partial charge >= 0.3 is 0 Å². The van der Waals surface area contributed by atoms with Gasteiger partial charge in [0.15, 0.2) is 0 Å². The van der Waals surface area contributed by atoms with Crippen molar-refractivity contribution < 1.29 is 8.42 Å². The Bertz CT molecular complexity index is 528. The van der Waals surface area contributed by atoms with E-state index in [1.165, 1.54) is 22.5 Å². The van der Waals surface area contributed by atoms with Crippen LogP contribution in [-0.4, -0.2) is 38.4 Å². The first-order valence-electron chi connectivity index (χ1n) is 5.60. The summed E-state index contributed by atoms with van der Waals surface area (Å²) >= 11 is 11.7. The van der Waals surface area contributed by atoms with Gasteiger partial charge < -0.3 is 5.32 Å². The second-order valence-corrected chi connectivity index (χ2v) is 7.04. The summed E-state index contributed by atoms with van der Waals surface area (Å²) in [6.45, 7) is 3.62. The first kappa shape index (κ1) is 14.1. The predicted octanol–water partition coefficient (Wildman–Crippen LogP) is 1.98. The molecule has 0 aromatic heterocycles. The fourth-order valence-corrected chi connectivity index (χ4v) is 4.35. The van der Waals surface area contributed by atoms with Crippen molar-refractivity contribution in [3.8, 4) is 0 Å². The number of hydrogen-bond donors (Lipinski definition) is 1. The zero-order chi connectivity index (χ0) is 13.3. The lowest BCUT2D eigenvalue weighted by Crippen LogP contribution is -2.52.